The van der Waals surface area contributed by atoms with Gasteiger partial charge < -0.3 is 21.5 Å². The van der Waals surface area contributed by atoms with Crippen LogP contribution in [0.5, 0.6) is 0 Å². The highest BCUT2D eigenvalue weighted by Gasteiger charge is 2.11. The van der Waals surface area contributed by atoms with Crippen molar-refractivity contribution in [2.75, 3.05) is 21.1 Å². The number of hydrogen-bond acceptors (Lipinski definition) is 1. The van der Waals surface area contributed by atoms with Crippen molar-refractivity contribution in [1.29, 1.82) is 0 Å². The monoisotopic (exact) mass is 333 g/mol. The zero-order valence-corrected chi connectivity index (χ0v) is 13.7. The molecule has 0 bridgehead atoms. The van der Waals surface area contributed by atoms with Crippen LogP contribution in [0.15, 0.2) is 54.6 Å². The first kappa shape index (κ1) is 16.6. The highest BCUT2D eigenvalue weighted by Crippen LogP contribution is 2.13. The second-order valence-electron chi connectivity index (χ2n) is 5.84. The van der Waals surface area contributed by atoms with Crippen LogP contribution >= 0.6 is 0 Å². The summed E-state index contributed by atoms with van der Waals surface area (Å²) in [5.74, 6) is 0.0809. The summed E-state index contributed by atoms with van der Waals surface area (Å²) in [6, 6.07) is 17.3. The third-order valence-corrected chi connectivity index (χ3v) is 2.91. The van der Waals surface area contributed by atoms with Gasteiger partial charge in [-0.05, 0) is 0 Å². The number of benzene rings is 2. The molecule has 0 saturated heterocycles. The maximum Gasteiger partial charge on any atom is 0.193 e. The molecule has 2 aromatic rings. The normalized spacial score (nSPS) is 10.8. The van der Waals surface area contributed by atoms with E-state index < -0.39 is 0 Å². The average molecular weight is 334 g/mol. The molecular formula is C17H20BrNO. The van der Waals surface area contributed by atoms with Crippen LogP contribution in [0.1, 0.15) is 21.5 Å². The molecule has 0 saturated carbocycles. The fraction of sp³-hybridized carbons (Fsp3) is 0.235. The SMILES string of the molecule is C[N+](C)(C)Cc1ccc(C(=O)c2ccccc2)cc1.[Br-]. The molecule has 106 valence electrons. The number of hydrogen-bond donors (Lipinski definition) is 0. The zero-order chi connectivity index (χ0) is 13.9. The smallest absolute Gasteiger partial charge is 0.193 e. The summed E-state index contributed by atoms with van der Waals surface area (Å²) in [4.78, 5) is 12.2. The van der Waals surface area contributed by atoms with E-state index in [9.17, 15) is 4.79 Å². The molecule has 0 heterocycles. The van der Waals surface area contributed by atoms with Crippen molar-refractivity contribution in [2.45, 2.75) is 6.54 Å². The lowest BCUT2D eigenvalue weighted by Gasteiger charge is -2.23. The van der Waals surface area contributed by atoms with E-state index in [1.807, 2.05) is 54.6 Å². The van der Waals surface area contributed by atoms with Gasteiger partial charge in [-0.2, -0.15) is 0 Å². The Morgan fingerprint density at radius 3 is 1.85 bits per heavy atom. The molecule has 2 rings (SSSR count). The molecule has 2 aromatic carbocycles. The van der Waals surface area contributed by atoms with Crippen LogP contribution in [0.3, 0.4) is 0 Å². The van der Waals surface area contributed by atoms with Crippen LogP contribution in [-0.2, 0) is 6.54 Å². The highest BCUT2D eigenvalue weighted by atomic mass is 79.9. The highest BCUT2D eigenvalue weighted by molar-refractivity contribution is 6.08. The van der Waals surface area contributed by atoms with E-state index >= 15 is 0 Å². The maximum atomic E-state index is 12.2. The molecule has 3 heteroatoms. The van der Waals surface area contributed by atoms with Crippen molar-refractivity contribution in [2.24, 2.45) is 0 Å². The molecule has 0 spiro atoms. The second-order valence-corrected chi connectivity index (χ2v) is 5.84. The predicted octanol–water partition coefficient (Wildman–Crippen LogP) is 0.128. The number of quaternary nitrogens is 1. The minimum absolute atomic E-state index is 0. The van der Waals surface area contributed by atoms with Gasteiger partial charge in [-0.25, -0.2) is 0 Å². The fourth-order valence-corrected chi connectivity index (χ4v) is 2.07. The Hall–Kier alpha value is -1.45. The molecule has 0 atom stereocenters. The number of carbonyl (C=O) groups is 1. The Labute approximate surface area is 131 Å². The zero-order valence-electron chi connectivity index (χ0n) is 12.1. The molecule has 0 N–H and O–H groups in total. The van der Waals surface area contributed by atoms with Gasteiger partial charge in [0.25, 0.3) is 0 Å². The lowest BCUT2D eigenvalue weighted by molar-refractivity contribution is -0.884. The summed E-state index contributed by atoms with van der Waals surface area (Å²) >= 11 is 0. The van der Waals surface area contributed by atoms with Crippen molar-refractivity contribution in [1.82, 2.24) is 0 Å². The van der Waals surface area contributed by atoms with Gasteiger partial charge in [-0.3, -0.25) is 4.79 Å². The van der Waals surface area contributed by atoms with E-state index in [0.717, 1.165) is 22.2 Å². The molecule has 0 aliphatic rings. The van der Waals surface area contributed by atoms with Gasteiger partial charge in [0.05, 0.1) is 21.1 Å². The molecule has 0 radical (unpaired) electrons. The molecule has 0 aromatic heterocycles. The van der Waals surface area contributed by atoms with E-state index in [0.29, 0.717) is 0 Å². The predicted molar refractivity (Wildman–Crippen MR) is 78.1 cm³/mol. The minimum Gasteiger partial charge on any atom is -1.00 e. The van der Waals surface area contributed by atoms with Gasteiger partial charge in [0.2, 0.25) is 0 Å². The van der Waals surface area contributed by atoms with Crippen LogP contribution in [0, 0.1) is 0 Å². The van der Waals surface area contributed by atoms with Crippen molar-refractivity contribution in [3.63, 3.8) is 0 Å². The third-order valence-electron chi connectivity index (χ3n) is 2.91. The molecule has 2 nitrogen and oxygen atoms in total. The summed E-state index contributed by atoms with van der Waals surface area (Å²) in [6.45, 7) is 0.958. The Balaban J connectivity index is 0.00000200. The summed E-state index contributed by atoms with van der Waals surface area (Å²) in [5, 5.41) is 0. The first-order valence-corrected chi connectivity index (χ1v) is 6.45. The first-order valence-electron chi connectivity index (χ1n) is 6.45. The van der Waals surface area contributed by atoms with Gasteiger partial charge in [0, 0.05) is 16.7 Å². The third kappa shape index (κ3) is 4.58. The number of ketones is 1. The molecule has 0 aliphatic carbocycles. The first-order chi connectivity index (χ1) is 8.96. The Morgan fingerprint density at radius 1 is 0.850 bits per heavy atom. The molecule has 0 amide bonds. The topological polar surface area (TPSA) is 17.1 Å². The maximum absolute atomic E-state index is 12.2. The van der Waals surface area contributed by atoms with Crippen LogP contribution in [-0.4, -0.2) is 31.4 Å². The van der Waals surface area contributed by atoms with Crippen molar-refractivity contribution >= 4 is 5.78 Å². The molecule has 0 unspecified atom stereocenters. The van der Waals surface area contributed by atoms with Crippen LogP contribution < -0.4 is 17.0 Å². The molecule has 0 aliphatic heterocycles. The van der Waals surface area contributed by atoms with E-state index in [2.05, 4.69) is 21.1 Å². The Morgan fingerprint density at radius 2 is 1.35 bits per heavy atom. The minimum atomic E-state index is 0. The van der Waals surface area contributed by atoms with Gasteiger partial charge in [0.15, 0.2) is 5.78 Å². The van der Waals surface area contributed by atoms with E-state index in [4.69, 9.17) is 0 Å². The van der Waals surface area contributed by atoms with Gasteiger partial charge in [0.1, 0.15) is 6.54 Å². The number of carbonyl (C=O) groups excluding carboxylic acids is 1. The average Bonchev–Trinajstić information content (AvgIpc) is 2.38. The molecule has 20 heavy (non-hydrogen) atoms. The van der Waals surface area contributed by atoms with Gasteiger partial charge >= 0.3 is 0 Å². The summed E-state index contributed by atoms with van der Waals surface area (Å²) in [7, 11) is 6.47. The molecule has 0 fully saturated rings. The van der Waals surface area contributed by atoms with Crippen molar-refractivity contribution in [3.8, 4) is 0 Å². The van der Waals surface area contributed by atoms with Crippen molar-refractivity contribution in [3.05, 3.63) is 71.3 Å². The van der Waals surface area contributed by atoms with Gasteiger partial charge in [-0.15, -0.1) is 0 Å². The summed E-state index contributed by atoms with van der Waals surface area (Å²) < 4.78 is 0.881. The number of halogens is 1. The lowest BCUT2D eigenvalue weighted by Crippen LogP contribution is -3.00. The number of rotatable bonds is 4. The quantitative estimate of drug-likeness (QED) is 0.574. The van der Waals surface area contributed by atoms with E-state index in [1.165, 1.54) is 5.56 Å². The van der Waals surface area contributed by atoms with Crippen LogP contribution in [0.25, 0.3) is 0 Å². The van der Waals surface area contributed by atoms with Crippen molar-refractivity contribution < 1.29 is 26.3 Å². The van der Waals surface area contributed by atoms with E-state index in [1.54, 1.807) is 0 Å². The Kier molecular flexibility index (Phi) is 5.66. The fourth-order valence-electron chi connectivity index (χ4n) is 2.07. The lowest BCUT2D eigenvalue weighted by atomic mass is 10.0. The van der Waals surface area contributed by atoms with Crippen LogP contribution in [0.4, 0.5) is 0 Å². The molecular weight excluding hydrogens is 314 g/mol. The Bertz CT molecular complexity index is 556. The second kappa shape index (κ2) is 6.82. The van der Waals surface area contributed by atoms with E-state index in [-0.39, 0.29) is 22.8 Å². The van der Waals surface area contributed by atoms with Crippen LogP contribution in [0.2, 0.25) is 0 Å². The summed E-state index contributed by atoms with van der Waals surface area (Å²) in [5.41, 5.74) is 2.73. The number of nitrogens with zero attached hydrogens (tertiary/aromatic N) is 1. The largest absolute Gasteiger partial charge is 1.00 e. The summed E-state index contributed by atoms with van der Waals surface area (Å²) in [6.07, 6.45) is 0. The van der Waals surface area contributed by atoms with Gasteiger partial charge in [-0.1, -0.05) is 54.6 Å². The standard InChI is InChI=1S/C17H20NO.BrH/c1-18(2,3)13-14-9-11-16(12-10-14)17(19)15-7-5-4-6-8-15;/h4-12H,13H2,1-3H3;1H/q+1;/p-1.